The Labute approximate surface area is 112 Å². The molecule has 0 aromatic carbocycles. The van der Waals surface area contributed by atoms with Crippen LogP contribution in [0.25, 0.3) is 0 Å². The van der Waals surface area contributed by atoms with Crippen LogP contribution in [0.2, 0.25) is 0 Å². The number of carbonyl (C=O) groups is 1. The van der Waals surface area contributed by atoms with Crippen LogP contribution in [0.3, 0.4) is 0 Å². The normalized spacial score (nSPS) is 29.7. The highest BCUT2D eigenvalue weighted by Crippen LogP contribution is 2.33. The first-order valence-corrected chi connectivity index (χ1v) is 7.69. The van der Waals surface area contributed by atoms with Gasteiger partial charge in [-0.2, -0.15) is 0 Å². The maximum absolute atomic E-state index is 12.1. The molecule has 18 heavy (non-hydrogen) atoms. The van der Waals surface area contributed by atoms with E-state index in [1.165, 1.54) is 22.6 Å². The standard InChI is InChI=1S/C14H20N2OS/c1-2-10-4-5-11(18-10)8-15-14(17)12-7-9-3-6-13(12)16-9/h4-5,9,12-13,16H,2-3,6-8H2,1H3,(H,15,17). The smallest absolute Gasteiger partial charge is 0.225 e. The highest BCUT2D eigenvalue weighted by atomic mass is 32.1. The van der Waals surface area contributed by atoms with Crippen molar-refractivity contribution in [2.45, 2.75) is 51.2 Å². The van der Waals surface area contributed by atoms with E-state index in [0.29, 0.717) is 18.6 Å². The molecule has 3 rings (SSSR count). The highest BCUT2D eigenvalue weighted by Gasteiger charge is 2.42. The van der Waals surface area contributed by atoms with Crippen LogP contribution in [0.4, 0.5) is 0 Å². The molecule has 2 aliphatic heterocycles. The summed E-state index contributed by atoms with van der Waals surface area (Å²) in [7, 11) is 0. The minimum Gasteiger partial charge on any atom is -0.351 e. The summed E-state index contributed by atoms with van der Waals surface area (Å²) in [4.78, 5) is 14.8. The van der Waals surface area contributed by atoms with Crippen LogP contribution in [0, 0.1) is 5.92 Å². The molecule has 98 valence electrons. The van der Waals surface area contributed by atoms with Crippen LogP contribution in [0.1, 0.15) is 35.9 Å². The molecule has 0 saturated carbocycles. The van der Waals surface area contributed by atoms with Crippen molar-refractivity contribution in [3.05, 3.63) is 21.9 Å². The number of hydrogen-bond donors (Lipinski definition) is 2. The summed E-state index contributed by atoms with van der Waals surface area (Å²) in [6.45, 7) is 2.85. The Morgan fingerprint density at radius 2 is 2.28 bits per heavy atom. The molecule has 3 atom stereocenters. The Morgan fingerprint density at radius 1 is 1.44 bits per heavy atom. The molecule has 1 aromatic heterocycles. The summed E-state index contributed by atoms with van der Waals surface area (Å²) in [5, 5.41) is 6.61. The average molecular weight is 264 g/mol. The van der Waals surface area contributed by atoms with Crippen LogP contribution < -0.4 is 10.6 Å². The highest BCUT2D eigenvalue weighted by molar-refractivity contribution is 7.11. The number of amides is 1. The van der Waals surface area contributed by atoms with Gasteiger partial charge in [-0.3, -0.25) is 4.79 Å². The van der Waals surface area contributed by atoms with Gasteiger partial charge in [0.2, 0.25) is 5.91 Å². The van der Waals surface area contributed by atoms with Gasteiger partial charge in [0.25, 0.3) is 0 Å². The van der Waals surface area contributed by atoms with Gasteiger partial charge < -0.3 is 10.6 Å². The zero-order chi connectivity index (χ0) is 12.5. The van der Waals surface area contributed by atoms with Gasteiger partial charge in [0.15, 0.2) is 0 Å². The molecule has 2 saturated heterocycles. The zero-order valence-electron chi connectivity index (χ0n) is 10.7. The third-order valence-electron chi connectivity index (χ3n) is 4.14. The first-order valence-electron chi connectivity index (χ1n) is 6.87. The van der Waals surface area contributed by atoms with Crippen molar-refractivity contribution in [1.29, 1.82) is 0 Å². The molecular weight excluding hydrogens is 244 g/mol. The first-order chi connectivity index (χ1) is 8.76. The minimum atomic E-state index is 0.203. The lowest BCUT2D eigenvalue weighted by atomic mass is 9.88. The molecule has 4 heteroatoms. The summed E-state index contributed by atoms with van der Waals surface area (Å²) in [6, 6.07) is 5.32. The molecule has 1 aromatic rings. The molecule has 2 aliphatic rings. The van der Waals surface area contributed by atoms with Crippen LogP contribution in [-0.4, -0.2) is 18.0 Å². The molecule has 3 nitrogen and oxygen atoms in total. The molecule has 2 bridgehead atoms. The largest absolute Gasteiger partial charge is 0.351 e. The average Bonchev–Trinajstić information content (AvgIpc) is 3.11. The fraction of sp³-hybridized carbons (Fsp3) is 0.643. The van der Waals surface area contributed by atoms with Gasteiger partial charge in [-0.15, -0.1) is 11.3 Å². The van der Waals surface area contributed by atoms with Gasteiger partial charge in [-0.1, -0.05) is 6.92 Å². The second kappa shape index (κ2) is 5.02. The molecule has 0 aliphatic carbocycles. The van der Waals surface area contributed by atoms with Gasteiger partial charge in [-0.25, -0.2) is 0 Å². The number of hydrogen-bond acceptors (Lipinski definition) is 3. The van der Waals surface area contributed by atoms with Crippen molar-refractivity contribution >= 4 is 17.2 Å². The Balaban J connectivity index is 1.52. The second-order valence-electron chi connectivity index (χ2n) is 5.33. The van der Waals surface area contributed by atoms with E-state index in [0.717, 1.165) is 12.8 Å². The van der Waals surface area contributed by atoms with E-state index in [-0.39, 0.29) is 11.8 Å². The van der Waals surface area contributed by atoms with Crippen molar-refractivity contribution in [1.82, 2.24) is 10.6 Å². The lowest BCUT2D eigenvalue weighted by Gasteiger charge is -2.19. The van der Waals surface area contributed by atoms with Crippen molar-refractivity contribution in [3.8, 4) is 0 Å². The molecule has 1 amide bonds. The van der Waals surface area contributed by atoms with Gasteiger partial charge in [0, 0.05) is 21.8 Å². The third kappa shape index (κ3) is 2.31. The predicted octanol–water partition coefficient (Wildman–Crippen LogP) is 2.07. The molecule has 3 unspecified atom stereocenters. The fourth-order valence-electron chi connectivity index (χ4n) is 3.13. The fourth-order valence-corrected chi connectivity index (χ4v) is 4.02. The van der Waals surface area contributed by atoms with E-state index >= 15 is 0 Å². The van der Waals surface area contributed by atoms with Gasteiger partial charge in [-0.05, 0) is 37.8 Å². The first kappa shape index (κ1) is 12.2. The molecular formula is C14H20N2OS. The van der Waals surface area contributed by atoms with E-state index in [4.69, 9.17) is 0 Å². The maximum Gasteiger partial charge on any atom is 0.225 e. The second-order valence-corrected chi connectivity index (χ2v) is 6.58. The van der Waals surface area contributed by atoms with Gasteiger partial charge in [0.05, 0.1) is 12.5 Å². The van der Waals surface area contributed by atoms with E-state index in [1.54, 1.807) is 11.3 Å². The van der Waals surface area contributed by atoms with Gasteiger partial charge in [0.1, 0.15) is 0 Å². The monoisotopic (exact) mass is 264 g/mol. The van der Waals surface area contributed by atoms with Crippen LogP contribution in [0.5, 0.6) is 0 Å². The Kier molecular flexibility index (Phi) is 3.39. The molecule has 0 radical (unpaired) electrons. The Hall–Kier alpha value is -0.870. The maximum atomic E-state index is 12.1. The number of carbonyl (C=O) groups excluding carboxylic acids is 1. The van der Waals surface area contributed by atoms with E-state index in [9.17, 15) is 4.79 Å². The summed E-state index contributed by atoms with van der Waals surface area (Å²) in [6.07, 6.45) is 4.52. The van der Waals surface area contributed by atoms with Gasteiger partial charge >= 0.3 is 0 Å². The van der Waals surface area contributed by atoms with Crippen molar-refractivity contribution < 1.29 is 4.79 Å². The SMILES string of the molecule is CCc1ccc(CNC(=O)C2CC3CCC2N3)s1. The molecule has 2 N–H and O–H groups in total. The molecule has 3 heterocycles. The summed E-state index contributed by atoms with van der Waals surface area (Å²) >= 11 is 1.80. The lowest BCUT2D eigenvalue weighted by molar-refractivity contribution is -0.125. The Bertz CT molecular complexity index is 443. The number of thiophene rings is 1. The zero-order valence-corrected chi connectivity index (χ0v) is 11.6. The van der Waals surface area contributed by atoms with Crippen LogP contribution in [-0.2, 0) is 17.8 Å². The Morgan fingerprint density at radius 3 is 2.89 bits per heavy atom. The van der Waals surface area contributed by atoms with Crippen LogP contribution in [0.15, 0.2) is 12.1 Å². The van der Waals surface area contributed by atoms with E-state index < -0.39 is 0 Å². The summed E-state index contributed by atoms with van der Waals surface area (Å²) < 4.78 is 0. The van der Waals surface area contributed by atoms with E-state index in [1.807, 2.05) is 0 Å². The third-order valence-corrected chi connectivity index (χ3v) is 5.37. The number of aryl methyl sites for hydroxylation is 1. The topological polar surface area (TPSA) is 41.1 Å². The number of rotatable bonds is 4. The number of nitrogens with one attached hydrogen (secondary N) is 2. The minimum absolute atomic E-state index is 0.203. The van der Waals surface area contributed by atoms with Crippen molar-refractivity contribution in [2.75, 3.05) is 0 Å². The number of fused-ring (bicyclic) bond motifs is 2. The van der Waals surface area contributed by atoms with E-state index in [2.05, 4.69) is 29.7 Å². The quantitative estimate of drug-likeness (QED) is 0.874. The summed E-state index contributed by atoms with van der Waals surface area (Å²) in [5.41, 5.74) is 0. The van der Waals surface area contributed by atoms with Crippen molar-refractivity contribution in [3.63, 3.8) is 0 Å². The van der Waals surface area contributed by atoms with Crippen molar-refractivity contribution in [2.24, 2.45) is 5.92 Å². The lowest BCUT2D eigenvalue weighted by Crippen LogP contribution is -2.37. The predicted molar refractivity (Wildman–Crippen MR) is 73.6 cm³/mol. The molecule has 0 spiro atoms. The van der Waals surface area contributed by atoms with Crippen LogP contribution >= 0.6 is 11.3 Å². The summed E-state index contributed by atoms with van der Waals surface area (Å²) in [5.74, 6) is 0.440. The molecule has 2 fully saturated rings.